The Bertz CT molecular complexity index is 509. The molecule has 0 fully saturated rings. The van der Waals surface area contributed by atoms with Crippen LogP contribution in [0.3, 0.4) is 0 Å². The molecular formula is C13H16ClFN2O3. The first-order chi connectivity index (χ1) is 9.12. The lowest BCUT2D eigenvalue weighted by molar-refractivity contribution is -0.141. The van der Waals surface area contributed by atoms with Gasteiger partial charge in [0.1, 0.15) is 11.9 Å². The molecule has 1 unspecified atom stereocenters. The molecule has 1 aromatic carbocycles. The molecule has 20 heavy (non-hydrogen) atoms. The molecule has 5 nitrogen and oxygen atoms in total. The van der Waals surface area contributed by atoms with Gasteiger partial charge in [-0.2, -0.15) is 0 Å². The number of hydrogen-bond donors (Lipinski definition) is 3. The normalized spacial score (nSPS) is 12.7. The Balaban J connectivity index is 2.84. The summed E-state index contributed by atoms with van der Waals surface area (Å²) < 4.78 is 13.5. The molecule has 0 bridgehead atoms. The van der Waals surface area contributed by atoms with E-state index in [0.29, 0.717) is 0 Å². The van der Waals surface area contributed by atoms with E-state index in [4.69, 9.17) is 16.7 Å². The number of aliphatic carboxylic acids is 1. The first-order valence-corrected chi connectivity index (χ1v) is 6.25. The lowest BCUT2D eigenvalue weighted by Gasteiger charge is -2.27. The van der Waals surface area contributed by atoms with Gasteiger partial charge < -0.3 is 15.7 Å². The summed E-state index contributed by atoms with van der Waals surface area (Å²) in [7, 11) is 0. The fourth-order valence-corrected chi connectivity index (χ4v) is 1.76. The van der Waals surface area contributed by atoms with Crippen molar-refractivity contribution >= 4 is 29.3 Å². The molecule has 110 valence electrons. The molecule has 1 rings (SSSR count). The van der Waals surface area contributed by atoms with Crippen LogP contribution in [-0.2, 0) is 4.79 Å². The van der Waals surface area contributed by atoms with Gasteiger partial charge in [0.15, 0.2) is 0 Å². The van der Waals surface area contributed by atoms with E-state index >= 15 is 0 Å². The third kappa shape index (κ3) is 4.09. The van der Waals surface area contributed by atoms with Gasteiger partial charge in [0.25, 0.3) is 0 Å². The van der Waals surface area contributed by atoms with E-state index in [1.807, 2.05) is 0 Å². The van der Waals surface area contributed by atoms with Gasteiger partial charge in [0.05, 0.1) is 10.7 Å². The number of carboxylic acids is 1. The van der Waals surface area contributed by atoms with Gasteiger partial charge in [-0.15, -0.1) is 0 Å². The summed E-state index contributed by atoms with van der Waals surface area (Å²) in [6.07, 6.45) is 0. The van der Waals surface area contributed by atoms with Gasteiger partial charge in [0.2, 0.25) is 0 Å². The zero-order valence-corrected chi connectivity index (χ0v) is 12.1. The Morgan fingerprint density at radius 1 is 1.35 bits per heavy atom. The Kier molecular flexibility index (Phi) is 4.94. The minimum Gasteiger partial charge on any atom is -0.480 e. The Labute approximate surface area is 121 Å². The summed E-state index contributed by atoms with van der Waals surface area (Å²) in [5.74, 6) is -1.87. The first kappa shape index (κ1) is 16.2. The topological polar surface area (TPSA) is 78.4 Å². The van der Waals surface area contributed by atoms with Crippen molar-refractivity contribution in [3.05, 3.63) is 29.0 Å². The van der Waals surface area contributed by atoms with E-state index in [1.165, 1.54) is 12.1 Å². The molecule has 0 aromatic heterocycles. The van der Waals surface area contributed by atoms with Crippen LogP contribution in [0.2, 0.25) is 5.02 Å². The van der Waals surface area contributed by atoms with Gasteiger partial charge in [-0.05, 0) is 17.5 Å². The average molecular weight is 303 g/mol. The molecule has 0 aliphatic carbocycles. The van der Waals surface area contributed by atoms with Crippen LogP contribution in [0.4, 0.5) is 14.9 Å². The van der Waals surface area contributed by atoms with Crippen LogP contribution < -0.4 is 10.6 Å². The van der Waals surface area contributed by atoms with Gasteiger partial charge in [-0.25, -0.2) is 14.0 Å². The number of benzene rings is 1. The number of anilines is 1. The smallest absolute Gasteiger partial charge is 0.326 e. The number of para-hydroxylation sites is 1. The van der Waals surface area contributed by atoms with E-state index in [0.717, 1.165) is 6.07 Å². The fourth-order valence-electron chi connectivity index (χ4n) is 1.55. The molecule has 0 saturated carbocycles. The number of halogens is 2. The van der Waals surface area contributed by atoms with E-state index in [-0.39, 0.29) is 10.7 Å². The van der Waals surface area contributed by atoms with Crippen molar-refractivity contribution in [3.63, 3.8) is 0 Å². The number of carboxylic acid groups (broad SMARTS) is 1. The molecular weight excluding hydrogens is 287 g/mol. The van der Waals surface area contributed by atoms with Gasteiger partial charge >= 0.3 is 12.0 Å². The van der Waals surface area contributed by atoms with Crippen LogP contribution in [0, 0.1) is 11.2 Å². The number of amides is 2. The van der Waals surface area contributed by atoms with Gasteiger partial charge in [0, 0.05) is 0 Å². The first-order valence-electron chi connectivity index (χ1n) is 5.87. The number of hydrogen-bond acceptors (Lipinski definition) is 2. The van der Waals surface area contributed by atoms with Crippen LogP contribution in [0.25, 0.3) is 0 Å². The van der Waals surface area contributed by atoms with Crippen molar-refractivity contribution in [2.24, 2.45) is 5.41 Å². The highest BCUT2D eigenvalue weighted by Gasteiger charge is 2.32. The summed E-state index contributed by atoms with van der Waals surface area (Å²) in [5, 5.41) is 13.6. The quantitative estimate of drug-likeness (QED) is 0.803. The Hall–Kier alpha value is -1.82. The number of urea groups is 1. The maximum atomic E-state index is 13.5. The molecule has 0 spiro atoms. The number of carbonyl (C=O) groups is 2. The highest BCUT2D eigenvalue weighted by molar-refractivity contribution is 6.33. The molecule has 1 aromatic rings. The van der Waals surface area contributed by atoms with Crippen molar-refractivity contribution in [1.29, 1.82) is 0 Å². The molecule has 2 amide bonds. The van der Waals surface area contributed by atoms with Crippen molar-refractivity contribution in [1.82, 2.24) is 5.32 Å². The van der Waals surface area contributed by atoms with Gasteiger partial charge in [-0.1, -0.05) is 38.4 Å². The predicted molar refractivity (Wildman–Crippen MR) is 74.4 cm³/mol. The van der Waals surface area contributed by atoms with Crippen molar-refractivity contribution in [3.8, 4) is 0 Å². The second-order valence-electron chi connectivity index (χ2n) is 5.33. The maximum Gasteiger partial charge on any atom is 0.326 e. The third-order valence-corrected chi connectivity index (χ3v) is 2.90. The van der Waals surface area contributed by atoms with Crippen LogP contribution >= 0.6 is 11.6 Å². The number of nitrogens with one attached hydrogen (secondary N) is 2. The van der Waals surface area contributed by atoms with Crippen LogP contribution in [0.5, 0.6) is 0 Å². The van der Waals surface area contributed by atoms with Crippen LogP contribution in [0.15, 0.2) is 18.2 Å². The zero-order valence-electron chi connectivity index (χ0n) is 11.3. The van der Waals surface area contributed by atoms with Crippen molar-refractivity contribution in [2.75, 3.05) is 5.32 Å². The fraction of sp³-hybridized carbons (Fsp3) is 0.385. The van der Waals surface area contributed by atoms with Crippen LogP contribution in [-0.4, -0.2) is 23.1 Å². The summed E-state index contributed by atoms with van der Waals surface area (Å²) in [5.41, 5.74) is -0.882. The van der Waals surface area contributed by atoms with E-state index < -0.39 is 29.3 Å². The number of carbonyl (C=O) groups excluding carboxylic acids is 1. The molecule has 0 saturated heterocycles. The third-order valence-electron chi connectivity index (χ3n) is 2.59. The summed E-state index contributed by atoms with van der Waals surface area (Å²) >= 11 is 5.76. The number of rotatable bonds is 3. The average Bonchev–Trinajstić information content (AvgIpc) is 2.29. The van der Waals surface area contributed by atoms with Crippen molar-refractivity contribution < 1.29 is 19.1 Å². The summed E-state index contributed by atoms with van der Waals surface area (Å²) in [4.78, 5) is 22.9. The highest BCUT2D eigenvalue weighted by atomic mass is 35.5. The van der Waals surface area contributed by atoms with Crippen molar-refractivity contribution in [2.45, 2.75) is 26.8 Å². The second kappa shape index (κ2) is 6.09. The molecule has 0 aliphatic rings. The molecule has 7 heteroatoms. The summed E-state index contributed by atoms with van der Waals surface area (Å²) in [6, 6.07) is 2.00. The predicted octanol–water partition coefficient (Wildman–Crippen LogP) is 3.10. The second-order valence-corrected chi connectivity index (χ2v) is 5.74. The Morgan fingerprint density at radius 3 is 2.40 bits per heavy atom. The maximum absolute atomic E-state index is 13.5. The van der Waals surface area contributed by atoms with E-state index in [1.54, 1.807) is 20.8 Å². The molecule has 0 aliphatic heterocycles. The molecule has 0 heterocycles. The SMILES string of the molecule is CC(C)(C)C(NC(=O)Nc1c(F)cccc1Cl)C(=O)O. The highest BCUT2D eigenvalue weighted by Crippen LogP contribution is 2.25. The van der Waals surface area contributed by atoms with E-state index in [9.17, 15) is 14.0 Å². The molecule has 1 atom stereocenters. The lowest BCUT2D eigenvalue weighted by atomic mass is 9.87. The molecule has 3 N–H and O–H groups in total. The monoisotopic (exact) mass is 302 g/mol. The largest absolute Gasteiger partial charge is 0.480 e. The van der Waals surface area contributed by atoms with Crippen LogP contribution in [0.1, 0.15) is 20.8 Å². The Morgan fingerprint density at radius 2 is 1.95 bits per heavy atom. The standard InChI is InChI=1S/C13H16ClFN2O3/c1-13(2,3)10(11(18)19)17-12(20)16-9-7(14)5-4-6-8(9)15/h4-6,10H,1-3H3,(H,18,19)(H2,16,17,20). The van der Waals surface area contributed by atoms with E-state index in [2.05, 4.69) is 10.6 Å². The molecule has 0 radical (unpaired) electrons. The lowest BCUT2D eigenvalue weighted by Crippen LogP contribution is -2.50. The minimum atomic E-state index is -1.17. The summed E-state index contributed by atoms with van der Waals surface area (Å²) in [6.45, 7) is 5.01. The van der Waals surface area contributed by atoms with Gasteiger partial charge in [-0.3, -0.25) is 0 Å². The minimum absolute atomic E-state index is 0.0304. The zero-order chi connectivity index (χ0) is 15.5.